The second-order valence-corrected chi connectivity index (χ2v) is 7.19. The van der Waals surface area contributed by atoms with Crippen LogP contribution in [0, 0.1) is 0 Å². The number of carbonyl (C=O) groups is 1. The number of nitrogens with zero attached hydrogens (tertiary/aromatic N) is 2. The molecule has 27 heavy (non-hydrogen) atoms. The molecular formula is C20H36IN5O. The number of hydrogen-bond acceptors (Lipinski definition) is 3. The second kappa shape index (κ2) is 13.6. The van der Waals surface area contributed by atoms with Crippen LogP contribution in [-0.2, 0) is 4.79 Å². The van der Waals surface area contributed by atoms with Gasteiger partial charge in [0.25, 0.3) is 0 Å². The summed E-state index contributed by atoms with van der Waals surface area (Å²) in [6, 6.07) is 10.4. The predicted octanol–water partition coefficient (Wildman–Crippen LogP) is 2.99. The molecule has 154 valence electrons. The van der Waals surface area contributed by atoms with Crippen molar-refractivity contribution in [3.63, 3.8) is 0 Å². The van der Waals surface area contributed by atoms with E-state index < -0.39 is 0 Å². The number of benzene rings is 1. The van der Waals surface area contributed by atoms with E-state index in [4.69, 9.17) is 0 Å². The zero-order valence-electron chi connectivity index (χ0n) is 17.3. The number of aliphatic imine (C=N–C) groups is 1. The normalized spacial score (nSPS) is 11.4. The fourth-order valence-corrected chi connectivity index (χ4v) is 2.54. The Kier molecular flexibility index (Phi) is 12.9. The molecule has 1 amide bonds. The molecule has 0 aromatic heterocycles. The number of carbonyl (C=O) groups excluding carboxylic acids is 1. The van der Waals surface area contributed by atoms with Crippen LogP contribution in [-0.4, -0.2) is 50.1 Å². The van der Waals surface area contributed by atoms with Gasteiger partial charge in [0.2, 0.25) is 5.91 Å². The maximum absolute atomic E-state index is 11.9. The van der Waals surface area contributed by atoms with Crippen LogP contribution in [0.15, 0.2) is 35.3 Å². The SMILES string of the molecule is CCNC(=NCC(=O)NC(C)(C)C)NCCCN(CC)c1ccccc1.I. The molecule has 0 unspecified atom stereocenters. The van der Waals surface area contributed by atoms with Crippen LogP contribution in [0.3, 0.4) is 0 Å². The molecule has 1 aromatic rings. The maximum Gasteiger partial charge on any atom is 0.242 e. The van der Waals surface area contributed by atoms with Gasteiger partial charge in [0.05, 0.1) is 0 Å². The highest BCUT2D eigenvalue weighted by molar-refractivity contribution is 14.0. The monoisotopic (exact) mass is 489 g/mol. The molecule has 3 N–H and O–H groups in total. The van der Waals surface area contributed by atoms with Crippen LogP contribution < -0.4 is 20.9 Å². The molecule has 0 bridgehead atoms. The summed E-state index contributed by atoms with van der Waals surface area (Å²) >= 11 is 0. The van der Waals surface area contributed by atoms with E-state index in [1.165, 1.54) is 5.69 Å². The fourth-order valence-electron chi connectivity index (χ4n) is 2.54. The summed E-state index contributed by atoms with van der Waals surface area (Å²) in [6.45, 7) is 13.7. The lowest BCUT2D eigenvalue weighted by molar-refractivity contribution is -0.121. The first kappa shape index (κ1) is 25.5. The molecule has 0 fully saturated rings. The molecule has 0 spiro atoms. The molecule has 0 atom stereocenters. The van der Waals surface area contributed by atoms with E-state index in [2.05, 4.69) is 57.0 Å². The summed E-state index contributed by atoms with van der Waals surface area (Å²) in [5, 5.41) is 9.40. The zero-order chi connectivity index (χ0) is 19.4. The van der Waals surface area contributed by atoms with Crippen LogP contribution in [0.1, 0.15) is 41.0 Å². The standard InChI is InChI=1S/C20H35N5O.HI/c1-6-21-19(23-16-18(26)24-20(3,4)5)22-14-11-15-25(7-2)17-12-9-8-10-13-17;/h8-10,12-13H,6-7,11,14-16H2,1-5H3,(H,24,26)(H2,21,22,23);1H. The molecule has 0 heterocycles. The first-order chi connectivity index (χ1) is 12.4. The lowest BCUT2D eigenvalue weighted by Gasteiger charge is -2.23. The average molecular weight is 489 g/mol. The third-order valence-corrected chi connectivity index (χ3v) is 3.64. The Morgan fingerprint density at radius 3 is 2.33 bits per heavy atom. The highest BCUT2D eigenvalue weighted by Crippen LogP contribution is 2.12. The van der Waals surface area contributed by atoms with E-state index >= 15 is 0 Å². The van der Waals surface area contributed by atoms with Crippen molar-refractivity contribution in [2.75, 3.05) is 37.6 Å². The van der Waals surface area contributed by atoms with Crippen LogP contribution >= 0.6 is 24.0 Å². The molecule has 0 saturated heterocycles. The first-order valence-corrected chi connectivity index (χ1v) is 9.49. The molecule has 0 saturated carbocycles. The van der Waals surface area contributed by atoms with Gasteiger partial charge in [-0.15, -0.1) is 24.0 Å². The van der Waals surface area contributed by atoms with E-state index in [0.717, 1.165) is 32.6 Å². The number of nitrogens with one attached hydrogen (secondary N) is 3. The smallest absolute Gasteiger partial charge is 0.242 e. The van der Waals surface area contributed by atoms with E-state index in [9.17, 15) is 4.79 Å². The Labute approximate surface area is 181 Å². The van der Waals surface area contributed by atoms with Crippen molar-refractivity contribution in [1.82, 2.24) is 16.0 Å². The number of guanidine groups is 1. The van der Waals surface area contributed by atoms with Gasteiger partial charge in [-0.25, -0.2) is 4.99 Å². The highest BCUT2D eigenvalue weighted by atomic mass is 127. The van der Waals surface area contributed by atoms with Crippen molar-refractivity contribution in [1.29, 1.82) is 0 Å². The minimum absolute atomic E-state index is 0. The third-order valence-electron chi connectivity index (χ3n) is 3.64. The Hall–Kier alpha value is -1.51. The Morgan fingerprint density at radius 1 is 1.11 bits per heavy atom. The lowest BCUT2D eigenvalue weighted by atomic mass is 10.1. The number of hydrogen-bond donors (Lipinski definition) is 3. The summed E-state index contributed by atoms with van der Waals surface area (Å²) in [5.41, 5.74) is 1.01. The van der Waals surface area contributed by atoms with Gasteiger partial charge < -0.3 is 20.9 Å². The topological polar surface area (TPSA) is 68.8 Å². The second-order valence-electron chi connectivity index (χ2n) is 7.19. The molecule has 1 rings (SSSR count). The fraction of sp³-hybridized carbons (Fsp3) is 0.600. The van der Waals surface area contributed by atoms with Gasteiger partial charge in [-0.05, 0) is 53.2 Å². The van der Waals surface area contributed by atoms with Crippen LogP contribution in [0.25, 0.3) is 0 Å². The minimum Gasteiger partial charge on any atom is -0.372 e. The van der Waals surface area contributed by atoms with Gasteiger partial charge in [0.1, 0.15) is 6.54 Å². The Balaban J connectivity index is 0.00000676. The summed E-state index contributed by atoms with van der Waals surface area (Å²) in [6.07, 6.45) is 0.987. The van der Waals surface area contributed by atoms with E-state index in [1.54, 1.807) is 0 Å². The van der Waals surface area contributed by atoms with Crippen LogP contribution in [0.5, 0.6) is 0 Å². The molecule has 1 aromatic carbocycles. The van der Waals surface area contributed by atoms with Gasteiger partial charge in [-0.2, -0.15) is 0 Å². The van der Waals surface area contributed by atoms with Gasteiger partial charge in [0.15, 0.2) is 5.96 Å². The number of rotatable bonds is 9. The summed E-state index contributed by atoms with van der Waals surface area (Å²) < 4.78 is 0. The van der Waals surface area contributed by atoms with Crippen LogP contribution in [0.2, 0.25) is 0 Å². The molecular weight excluding hydrogens is 453 g/mol. The van der Waals surface area contributed by atoms with Crippen molar-refractivity contribution >= 4 is 41.5 Å². The van der Waals surface area contributed by atoms with E-state index in [-0.39, 0.29) is 42.0 Å². The maximum atomic E-state index is 11.9. The molecule has 0 radical (unpaired) electrons. The summed E-state index contributed by atoms with van der Waals surface area (Å²) in [4.78, 5) is 18.6. The van der Waals surface area contributed by atoms with E-state index in [1.807, 2.05) is 33.8 Å². The number of amides is 1. The summed E-state index contributed by atoms with van der Waals surface area (Å²) in [7, 11) is 0. The van der Waals surface area contributed by atoms with Crippen LogP contribution in [0.4, 0.5) is 5.69 Å². The first-order valence-electron chi connectivity index (χ1n) is 9.49. The van der Waals surface area contributed by atoms with Gasteiger partial charge in [0, 0.05) is 37.4 Å². The molecule has 0 aliphatic heterocycles. The summed E-state index contributed by atoms with van der Waals surface area (Å²) in [5.74, 6) is 0.607. The lowest BCUT2D eigenvalue weighted by Crippen LogP contribution is -2.43. The highest BCUT2D eigenvalue weighted by Gasteiger charge is 2.13. The van der Waals surface area contributed by atoms with Crippen molar-refractivity contribution in [3.05, 3.63) is 30.3 Å². The quantitative estimate of drug-likeness (QED) is 0.216. The molecule has 0 aliphatic carbocycles. The number of para-hydroxylation sites is 1. The predicted molar refractivity (Wildman–Crippen MR) is 126 cm³/mol. The van der Waals surface area contributed by atoms with E-state index in [0.29, 0.717) is 5.96 Å². The molecule has 7 heteroatoms. The van der Waals surface area contributed by atoms with Crippen molar-refractivity contribution in [3.8, 4) is 0 Å². The Bertz CT molecular complexity index is 557. The number of anilines is 1. The van der Waals surface area contributed by atoms with Gasteiger partial charge in [-0.1, -0.05) is 18.2 Å². The number of halogens is 1. The molecule has 0 aliphatic rings. The van der Waals surface area contributed by atoms with Crippen molar-refractivity contribution in [2.24, 2.45) is 4.99 Å². The zero-order valence-corrected chi connectivity index (χ0v) is 19.7. The van der Waals surface area contributed by atoms with Crippen molar-refractivity contribution in [2.45, 2.75) is 46.6 Å². The third kappa shape index (κ3) is 11.7. The molecule has 6 nitrogen and oxygen atoms in total. The largest absolute Gasteiger partial charge is 0.372 e. The van der Waals surface area contributed by atoms with Crippen molar-refractivity contribution < 1.29 is 4.79 Å². The van der Waals surface area contributed by atoms with Gasteiger partial charge in [-0.3, -0.25) is 4.79 Å². The minimum atomic E-state index is -0.237. The average Bonchev–Trinajstić information content (AvgIpc) is 2.59. The van der Waals surface area contributed by atoms with Gasteiger partial charge >= 0.3 is 0 Å². The Morgan fingerprint density at radius 2 is 1.78 bits per heavy atom.